The third-order valence-electron chi connectivity index (χ3n) is 3.08. The predicted molar refractivity (Wildman–Crippen MR) is 58.8 cm³/mol. The molecule has 0 bridgehead atoms. The van der Waals surface area contributed by atoms with Crippen LogP contribution in [0.25, 0.3) is 0 Å². The van der Waals surface area contributed by atoms with Crippen molar-refractivity contribution in [1.82, 2.24) is 10.2 Å². The van der Waals surface area contributed by atoms with E-state index in [4.69, 9.17) is 0 Å². The number of amides is 1. The lowest BCUT2D eigenvalue weighted by molar-refractivity contribution is -0.180. The molecule has 1 N–H and O–H groups in total. The summed E-state index contributed by atoms with van der Waals surface area (Å²) >= 11 is 0. The first-order valence-corrected chi connectivity index (χ1v) is 6.08. The molecule has 3 nitrogen and oxygen atoms in total. The van der Waals surface area contributed by atoms with Gasteiger partial charge in [-0.3, -0.25) is 4.79 Å². The molecule has 1 rings (SSSR count). The van der Waals surface area contributed by atoms with Gasteiger partial charge in [0.05, 0.1) is 0 Å². The Hall–Kier alpha value is -0.850. The van der Waals surface area contributed by atoms with Crippen LogP contribution < -0.4 is 5.32 Å². The highest BCUT2D eigenvalue weighted by Gasteiger charge is 2.51. The number of hydrogen-bond acceptors (Lipinski definition) is 2. The molecule has 18 heavy (non-hydrogen) atoms. The van der Waals surface area contributed by atoms with Gasteiger partial charge in [-0.1, -0.05) is 6.42 Å². The highest BCUT2D eigenvalue weighted by atomic mass is 19.3. The molecule has 1 heterocycles. The summed E-state index contributed by atoms with van der Waals surface area (Å²) in [6.07, 6.45) is -1.24. The molecular weight excluding hydrogens is 252 g/mol. The topological polar surface area (TPSA) is 32.3 Å². The fourth-order valence-corrected chi connectivity index (χ4v) is 2.01. The van der Waals surface area contributed by atoms with Crippen LogP contribution in [0.5, 0.6) is 0 Å². The molecule has 1 saturated heterocycles. The minimum Gasteiger partial charge on any atom is -0.336 e. The number of halogens is 4. The molecule has 0 aliphatic carbocycles. The van der Waals surface area contributed by atoms with Crippen molar-refractivity contribution in [2.75, 3.05) is 19.6 Å². The van der Waals surface area contributed by atoms with Gasteiger partial charge in [0, 0.05) is 19.1 Å². The number of carbonyl (C=O) groups excluding carboxylic acids is 1. The molecule has 0 aromatic carbocycles. The monoisotopic (exact) mass is 270 g/mol. The minimum absolute atomic E-state index is 0.000671. The SMILES string of the molecule is CCN(CC1CCCCN1)C(=O)C(F)(F)C(F)F. The molecule has 0 aromatic heterocycles. The number of likely N-dealkylation sites (N-methyl/N-ethyl adjacent to an activating group) is 1. The van der Waals surface area contributed by atoms with E-state index < -0.39 is 18.3 Å². The molecule has 106 valence electrons. The quantitative estimate of drug-likeness (QED) is 0.774. The molecule has 0 aromatic rings. The van der Waals surface area contributed by atoms with E-state index in [1.807, 2.05) is 0 Å². The zero-order valence-electron chi connectivity index (χ0n) is 10.3. The molecule has 0 saturated carbocycles. The van der Waals surface area contributed by atoms with Crippen LogP contribution in [0.1, 0.15) is 26.2 Å². The fourth-order valence-electron chi connectivity index (χ4n) is 2.01. The van der Waals surface area contributed by atoms with Gasteiger partial charge in [-0.05, 0) is 26.3 Å². The van der Waals surface area contributed by atoms with E-state index in [9.17, 15) is 22.4 Å². The molecule has 7 heteroatoms. The normalized spacial score (nSPS) is 21.1. The van der Waals surface area contributed by atoms with Gasteiger partial charge in [-0.2, -0.15) is 8.78 Å². The van der Waals surface area contributed by atoms with Crippen LogP contribution in [0.2, 0.25) is 0 Å². The highest BCUT2D eigenvalue weighted by Crippen LogP contribution is 2.25. The van der Waals surface area contributed by atoms with Gasteiger partial charge in [-0.25, -0.2) is 8.78 Å². The van der Waals surface area contributed by atoms with Crippen molar-refractivity contribution in [3.63, 3.8) is 0 Å². The number of piperidine rings is 1. The third kappa shape index (κ3) is 3.57. The predicted octanol–water partition coefficient (Wildman–Crippen LogP) is 1.88. The Morgan fingerprint density at radius 1 is 1.44 bits per heavy atom. The van der Waals surface area contributed by atoms with Crippen molar-refractivity contribution in [2.45, 2.75) is 44.6 Å². The highest BCUT2D eigenvalue weighted by molar-refractivity contribution is 5.84. The van der Waals surface area contributed by atoms with Gasteiger partial charge in [0.25, 0.3) is 5.91 Å². The van der Waals surface area contributed by atoms with Gasteiger partial charge in [0.1, 0.15) is 0 Å². The van der Waals surface area contributed by atoms with E-state index in [0.29, 0.717) is 0 Å². The molecular formula is C11H18F4N2O. The Kier molecular flexibility index (Phi) is 5.37. The first-order chi connectivity index (χ1) is 8.39. The van der Waals surface area contributed by atoms with Crippen molar-refractivity contribution >= 4 is 5.91 Å². The lowest BCUT2D eigenvalue weighted by Crippen LogP contribution is -2.52. The number of alkyl halides is 4. The van der Waals surface area contributed by atoms with Crippen LogP contribution in [-0.2, 0) is 4.79 Å². The number of rotatable bonds is 5. The summed E-state index contributed by atoms with van der Waals surface area (Å²) in [6.45, 7) is 2.32. The van der Waals surface area contributed by atoms with Crippen LogP contribution in [0, 0.1) is 0 Å². The largest absolute Gasteiger partial charge is 0.383 e. The van der Waals surface area contributed by atoms with Gasteiger partial charge in [0.2, 0.25) is 0 Å². The van der Waals surface area contributed by atoms with Crippen LogP contribution >= 0.6 is 0 Å². The molecule has 1 amide bonds. The number of hydrogen-bond donors (Lipinski definition) is 1. The summed E-state index contributed by atoms with van der Waals surface area (Å²) in [7, 11) is 0. The Morgan fingerprint density at radius 3 is 2.56 bits per heavy atom. The zero-order chi connectivity index (χ0) is 13.8. The Bertz CT molecular complexity index is 280. The lowest BCUT2D eigenvalue weighted by atomic mass is 10.0. The number of carbonyl (C=O) groups is 1. The van der Waals surface area contributed by atoms with Crippen molar-refractivity contribution < 1.29 is 22.4 Å². The molecule has 1 unspecified atom stereocenters. The summed E-state index contributed by atoms with van der Waals surface area (Å²) < 4.78 is 50.2. The maximum absolute atomic E-state index is 13.0. The van der Waals surface area contributed by atoms with Crippen LogP contribution in [0.3, 0.4) is 0 Å². The Morgan fingerprint density at radius 2 is 2.11 bits per heavy atom. The van der Waals surface area contributed by atoms with E-state index >= 15 is 0 Å². The third-order valence-corrected chi connectivity index (χ3v) is 3.08. The van der Waals surface area contributed by atoms with Crippen molar-refractivity contribution in [2.24, 2.45) is 0 Å². The summed E-state index contributed by atoms with van der Waals surface area (Å²) in [5.41, 5.74) is 0. The standard InChI is InChI=1S/C11H18F4N2O/c1-2-17(7-8-5-3-4-6-16-8)10(18)11(14,15)9(12)13/h8-9,16H,2-7H2,1H3. The maximum atomic E-state index is 13.0. The van der Waals surface area contributed by atoms with Gasteiger partial charge in [0.15, 0.2) is 0 Å². The van der Waals surface area contributed by atoms with Gasteiger partial charge < -0.3 is 10.2 Å². The zero-order valence-corrected chi connectivity index (χ0v) is 10.3. The Labute approximate surface area is 104 Å². The van der Waals surface area contributed by atoms with Gasteiger partial charge in [-0.15, -0.1) is 0 Å². The second kappa shape index (κ2) is 6.36. The first-order valence-electron chi connectivity index (χ1n) is 6.08. The molecule has 1 fully saturated rings. The summed E-state index contributed by atoms with van der Waals surface area (Å²) in [4.78, 5) is 12.2. The molecule has 1 aliphatic heterocycles. The van der Waals surface area contributed by atoms with Crippen LogP contribution in [-0.4, -0.2) is 48.8 Å². The van der Waals surface area contributed by atoms with E-state index in [1.165, 1.54) is 6.92 Å². The van der Waals surface area contributed by atoms with E-state index in [-0.39, 0.29) is 19.1 Å². The fraction of sp³-hybridized carbons (Fsp3) is 0.909. The average molecular weight is 270 g/mol. The van der Waals surface area contributed by atoms with Crippen molar-refractivity contribution in [3.05, 3.63) is 0 Å². The Balaban J connectivity index is 2.62. The summed E-state index contributed by atoms with van der Waals surface area (Å²) in [5, 5.41) is 3.09. The summed E-state index contributed by atoms with van der Waals surface area (Å²) in [6, 6.07) is -0.0869. The first kappa shape index (κ1) is 15.2. The average Bonchev–Trinajstić information content (AvgIpc) is 2.36. The van der Waals surface area contributed by atoms with Crippen molar-refractivity contribution in [3.8, 4) is 0 Å². The van der Waals surface area contributed by atoms with E-state index in [1.54, 1.807) is 0 Å². The number of nitrogens with zero attached hydrogens (tertiary/aromatic N) is 1. The van der Waals surface area contributed by atoms with Crippen LogP contribution in [0.4, 0.5) is 17.6 Å². The van der Waals surface area contributed by atoms with E-state index in [0.717, 1.165) is 30.7 Å². The van der Waals surface area contributed by atoms with E-state index in [2.05, 4.69) is 5.32 Å². The maximum Gasteiger partial charge on any atom is 0.383 e. The molecule has 0 radical (unpaired) electrons. The smallest absolute Gasteiger partial charge is 0.336 e. The molecule has 0 spiro atoms. The second-order valence-corrected chi connectivity index (χ2v) is 4.41. The van der Waals surface area contributed by atoms with Crippen LogP contribution in [0.15, 0.2) is 0 Å². The molecule has 1 atom stereocenters. The van der Waals surface area contributed by atoms with Gasteiger partial charge >= 0.3 is 12.3 Å². The van der Waals surface area contributed by atoms with Crippen molar-refractivity contribution in [1.29, 1.82) is 0 Å². The lowest BCUT2D eigenvalue weighted by Gasteiger charge is -2.31. The summed E-state index contributed by atoms with van der Waals surface area (Å²) in [5.74, 6) is -6.38. The number of nitrogens with one attached hydrogen (secondary N) is 1. The second-order valence-electron chi connectivity index (χ2n) is 4.41. The minimum atomic E-state index is -4.59. The molecule has 1 aliphatic rings.